The van der Waals surface area contributed by atoms with Gasteiger partial charge >= 0.3 is 0 Å². The normalized spacial score (nSPS) is 23.5. The van der Waals surface area contributed by atoms with Gasteiger partial charge in [-0.15, -0.1) is 0 Å². The topological polar surface area (TPSA) is 21.3 Å². The molecule has 0 amide bonds. The summed E-state index contributed by atoms with van der Waals surface area (Å²) in [5.74, 6) is 0.978. The Morgan fingerprint density at radius 3 is 2.26 bits per heavy atom. The van der Waals surface area contributed by atoms with Crippen molar-refractivity contribution >= 4 is 0 Å². The molecule has 0 saturated heterocycles. The third kappa shape index (κ3) is 4.63. The van der Waals surface area contributed by atoms with Gasteiger partial charge in [0.05, 0.1) is 6.61 Å². The summed E-state index contributed by atoms with van der Waals surface area (Å²) >= 11 is 0. The van der Waals surface area contributed by atoms with E-state index in [1.54, 1.807) is 7.11 Å². The highest BCUT2D eigenvalue weighted by Crippen LogP contribution is 2.26. The zero-order valence-corrected chi connectivity index (χ0v) is 12.3. The molecule has 2 heteroatoms. The van der Waals surface area contributed by atoms with Gasteiger partial charge in [-0.3, -0.25) is 0 Å². The lowest BCUT2D eigenvalue weighted by Gasteiger charge is -2.28. The second kappa shape index (κ2) is 7.66. The minimum absolute atomic E-state index is 0.703. The Morgan fingerprint density at radius 2 is 1.68 bits per heavy atom. The second-order valence-electron chi connectivity index (χ2n) is 5.76. The maximum absolute atomic E-state index is 5.13. The van der Waals surface area contributed by atoms with Crippen molar-refractivity contribution in [2.24, 2.45) is 5.92 Å². The summed E-state index contributed by atoms with van der Waals surface area (Å²) in [6.45, 7) is 4.02. The summed E-state index contributed by atoms with van der Waals surface area (Å²) < 4.78 is 5.13. The smallest absolute Gasteiger partial charge is 0.0713 e. The first-order valence-corrected chi connectivity index (χ1v) is 7.62. The molecule has 0 aromatic heterocycles. The molecule has 0 bridgehead atoms. The second-order valence-corrected chi connectivity index (χ2v) is 5.76. The van der Waals surface area contributed by atoms with Gasteiger partial charge < -0.3 is 10.1 Å². The summed E-state index contributed by atoms with van der Waals surface area (Å²) in [4.78, 5) is 0. The van der Waals surface area contributed by atoms with Gasteiger partial charge in [0.1, 0.15) is 0 Å². The molecule has 2 nitrogen and oxygen atoms in total. The monoisotopic (exact) mass is 261 g/mol. The number of rotatable bonds is 6. The van der Waals surface area contributed by atoms with E-state index in [-0.39, 0.29) is 0 Å². The fraction of sp³-hybridized carbons (Fsp3) is 0.647. The summed E-state index contributed by atoms with van der Waals surface area (Å²) in [5.41, 5.74) is 2.62. The molecule has 19 heavy (non-hydrogen) atoms. The lowest BCUT2D eigenvalue weighted by molar-refractivity contribution is 0.185. The number of nitrogens with one attached hydrogen (secondary N) is 1. The molecular formula is C17H27NO. The lowest BCUT2D eigenvalue weighted by Crippen LogP contribution is -2.32. The molecular weight excluding hydrogens is 234 g/mol. The van der Waals surface area contributed by atoms with Gasteiger partial charge in [-0.2, -0.15) is 0 Å². The third-order valence-electron chi connectivity index (χ3n) is 4.35. The molecule has 0 radical (unpaired) electrons. The number of ether oxygens (including phenoxy) is 1. The SMILES string of the molecule is CCC1CCC(NCc2ccc(COC)cc2)CC1. The lowest BCUT2D eigenvalue weighted by atomic mass is 9.84. The fourth-order valence-corrected chi connectivity index (χ4v) is 2.96. The number of methoxy groups -OCH3 is 1. The van der Waals surface area contributed by atoms with Crippen LogP contribution in [0.5, 0.6) is 0 Å². The Balaban J connectivity index is 1.73. The Hall–Kier alpha value is -0.860. The molecule has 1 aliphatic carbocycles. The molecule has 2 rings (SSSR count). The Morgan fingerprint density at radius 1 is 1.05 bits per heavy atom. The molecule has 0 aliphatic heterocycles. The molecule has 0 unspecified atom stereocenters. The van der Waals surface area contributed by atoms with Gasteiger partial charge in [-0.05, 0) is 42.7 Å². The maximum atomic E-state index is 5.13. The number of benzene rings is 1. The van der Waals surface area contributed by atoms with Crippen LogP contribution in [-0.4, -0.2) is 13.2 Å². The molecule has 0 spiro atoms. The van der Waals surface area contributed by atoms with Gasteiger partial charge in [0.25, 0.3) is 0 Å². The van der Waals surface area contributed by atoms with Crippen molar-refractivity contribution in [1.29, 1.82) is 0 Å². The largest absolute Gasteiger partial charge is 0.380 e. The zero-order valence-electron chi connectivity index (χ0n) is 12.3. The van der Waals surface area contributed by atoms with Crippen LogP contribution in [0.4, 0.5) is 0 Å². The molecule has 1 aromatic rings. The highest BCUT2D eigenvalue weighted by molar-refractivity contribution is 5.22. The van der Waals surface area contributed by atoms with Crippen LogP contribution < -0.4 is 5.32 Å². The van der Waals surface area contributed by atoms with Crippen molar-refractivity contribution in [3.63, 3.8) is 0 Å². The first kappa shape index (κ1) is 14.5. The molecule has 1 fully saturated rings. The van der Waals surface area contributed by atoms with E-state index in [9.17, 15) is 0 Å². The summed E-state index contributed by atoms with van der Waals surface area (Å²) in [5, 5.41) is 3.70. The van der Waals surface area contributed by atoms with Crippen molar-refractivity contribution in [2.75, 3.05) is 7.11 Å². The molecule has 0 heterocycles. The van der Waals surface area contributed by atoms with Crippen molar-refractivity contribution < 1.29 is 4.74 Å². The minimum Gasteiger partial charge on any atom is -0.380 e. The first-order valence-electron chi connectivity index (χ1n) is 7.62. The van der Waals surface area contributed by atoms with E-state index in [4.69, 9.17) is 4.74 Å². The van der Waals surface area contributed by atoms with Crippen LogP contribution in [0.15, 0.2) is 24.3 Å². The van der Waals surface area contributed by atoms with Crippen molar-refractivity contribution in [1.82, 2.24) is 5.32 Å². The molecule has 106 valence electrons. The highest BCUT2D eigenvalue weighted by Gasteiger charge is 2.19. The summed E-state index contributed by atoms with van der Waals surface area (Å²) in [6, 6.07) is 9.46. The maximum Gasteiger partial charge on any atom is 0.0713 e. The van der Waals surface area contributed by atoms with Crippen molar-refractivity contribution in [3.8, 4) is 0 Å². The standard InChI is InChI=1S/C17H27NO/c1-3-14-8-10-17(11-9-14)18-12-15-4-6-16(7-5-15)13-19-2/h4-7,14,17-18H,3,8-13H2,1-2H3. The van der Waals surface area contributed by atoms with Crippen LogP contribution in [0, 0.1) is 5.92 Å². The Labute approximate surface area is 117 Å². The average Bonchev–Trinajstić information content (AvgIpc) is 2.47. The number of hydrogen-bond donors (Lipinski definition) is 1. The van der Waals surface area contributed by atoms with Crippen LogP contribution >= 0.6 is 0 Å². The molecule has 1 aromatic carbocycles. The van der Waals surface area contributed by atoms with E-state index in [1.807, 2.05) is 0 Å². The van der Waals surface area contributed by atoms with Crippen LogP contribution in [-0.2, 0) is 17.9 Å². The summed E-state index contributed by atoms with van der Waals surface area (Å²) in [7, 11) is 1.74. The Kier molecular flexibility index (Phi) is 5.87. The molecule has 1 saturated carbocycles. The predicted molar refractivity (Wildman–Crippen MR) is 80.0 cm³/mol. The minimum atomic E-state index is 0.703. The van der Waals surface area contributed by atoms with Gasteiger partial charge in [0.2, 0.25) is 0 Å². The van der Waals surface area contributed by atoms with E-state index in [0.29, 0.717) is 6.61 Å². The van der Waals surface area contributed by atoms with E-state index in [2.05, 4.69) is 36.5 Å². The first-order chi connectivity index (χ1) is 9.31. The van der Waals surface area contributed by atoms with Gasteiger partial charge in [0.15, 0.2) is 0 Å². The highest BCUT2D eigenvalue weighted by atomic mass is 16.5. The van der Waals surface area contributed by atoms with Gasteiger partial charge in [0, 0.05) is 19.7 Å². The van der Waals surface area contributed by atoms with E-state index < -0.39 is 0 Å². The van der Waals surface area contributed by atoms with E-state index in [0.717, 1.165) is 18.5 Å². The van der Waals surface area contributed by atoms with Crippen LogP contribution in [0.3, 0.4) is 0 Å². The van der Waals surface area contributed by atoms with Gasteiger partial charge in [-0.25, -0.2) is 0 Å². The molecule has 1 N–H and O–H groups in total. The molecule has 0 atom stereocenters. The predicted octanol–water partition coefficient (Wildman–Crippen LogP) is 3.89. The van der Waals surface area contributed by atoms with Gasteiger partial charge in [-0.1, -0.05) is 37.6 Å². The fourth-order valence-electron chi connectivity index (χ4n) is 2.96. The third-order valence-corrected chi connectivity index (χ3v) is 4.35. The zero-order chi connectivity index (χ0) is 13.5. The average molecular weight is 261 g/mol. The van der Waals surface area contributed by atoms with Crippen molar-refractivity contribution in [2.45, 2.75) is 58.2 Å². The van der Waals surface area contributed by atoms with Crippen LogP contribution in [0.25, 0.3) is 0 Å². The summed E-state index contributed by atoms with van der Waals surface area (Å²) in [6.07, 6.45) is 6.86. The molecule has 1 aliphatic rings. The quantitative estimate of drug-likeness (QED) is 0.838. The van der Waals surface area contributed by atoms with Crippen LogP contribution in [0.2, 0.25) is 0 Å². The van der Waals surface area contributed by atoms with E-state index in [1.165, 1.54) is 43.2 Å². The van der Waals surface area contributed by atoms with Crippen LogP contribution in [0.1, 0.15) is 50.2 Å². The van der Waals surface area contributed by atoms with E-state index >= 15 is 0 Å². The Bertz CT molecular complexity index is 352. The van der Waals surface area contributed by atoms with Crippen molar-refractivity contribution in [3.05, 3.63) is 35.4 Å². The number of hydrogen-bond acceptors (Lipinski definition) is 2.